The molecule has 0 fully saturated rings. The first-order chi connectivity index (χ1) is 6.14. The van der Waals surface area contributed by atoms with Crippen LogP contribution in [0.3, 0.4) is 0 Å². The van der Waals surface area contributed by atoms with Crippen molar-refractivity contribution in [1.82, 2.24) is 5.32 Å². The minimum atomic E-state index is -0.150. The van der Waals surface area contributed by atoms with Crippen LogP contribution in [-0.4, -0.2) is 25.3 Å². The lowest BCUT2D eigenvalue weighted by Crippen LogP contribution is -2.49. The van der Waals surface area contributed by atoms with E-state index in [1.54, 1.807) is 7.11 Å². The highest BCUT2D eigenvalue weighted by molar-refractivity contribution is 4.98. The Bertz CT molecular complexity index is 167. The first-order valence-corrected chi connectivity index (χ1v) is 4.86. The molecular formula is C11H21NO. The Labute approximate surface area is 82.1 Å². The number of likely N-dealkylation sites (N-methyl/N-ethyl adjacent to an activating group) is 1. The molecule has 1 N–H and O–H groups in total. The number of terminal acetylenes is 1. The number of methoxy groups -OCH3 is 1. The van der Waals surface area contributed by atoms with Gasteiger partial charge in [0, 0.05) is 19.6 Å². The summed E-state index contributed by atoms with van der Waals surface area (Å²) in [5, 5.41) is 3.36. The van der Waals surface area contributed by atoms with E-state index in [0.717, 1.165) is 13.0 Å². The summed E-state index contributed by atoms with van der Waals surface area (Å²) in [7, 11) is 1.74. The van der Waals surface area contributed by atoms with E-state index in [4.69, 9.17) is 11.2 Å². The van der Waals surface area contributed by atoms with Crippen molar-refractivity contribution in [2.24, 2.45) is 0 Å². The second-order valence-electron chi connectivity index (χ2n) is 3.39. The number of rotatable bonds is 6. The van der Waals surface area contributed by atoms with Gasteiger partial charge in [-0.15, -0.1) is 12.3 Å². The topological polar surface area (TPSA) is 21.3 Å². The predicted octanol–water partition coefficient (Wildman–Crippen LogP) is 1.80. The highest BCUT2D eigenvalue weighted by Gasteiger charge is 2.30. The van der Waals surface area contributed by atoms with Gasteiger partial charge >= 0.3 is 0 Å². The van der Waals surface area contributed by atoms with E-state index >= 15 is 0 Å². The number of hydrogen-bond acceptors (Lipinski definition) is 2. The first kappa shape index (κ1) is 12.5. The Kier molecular flexibility index (Phi) is 5.77. The monoisotopic (exact) mass is 183 g/mol. The fourth-order valence-electron chi connectivity index (χ4n) is 1.40. The summed E-state index contributed by atoms with van der Waals surface area (Å²) in [5.74, 6) is 2.68. The van der Waals surface area contributed by atoms with E-state index in [1.807, 2.05) is 0 Å². The molecule has 0 heterocycles. The number of nitrogens with one attached hydrogen (secondary N) is 1. The van der Waals surface area contributed by atoms with Crippen LogP contribution in [0.4, 0.5) is 0 Å². The van der Waals surface area contributed by atoms with Crippen LogP contribution in [0.15, 0.2) is 0 Å². The summed E-state index contributed by atoms with van der Waals surface area (Å²) in [6.07, 6.45) is 7.00. The molecule has 0 radical (unpaired) electrons. The molecule has 2 heteroatoms. The van der Waals surface area contributed by atoms with Gasteiger partial charge in [0.2, 0.25) is 0 Å². The smallest absolute Gasteiger partial charge is 0.0809 e. The van der Waals surface area contributed by atoms with Crippen molar-refractivity contribution >= 4 is 0 Å². The zero-order chi connectivity index (χ0) is 10.3. The maximum Gasteiger partial charge on any atom is 0.0809 e. The molecule has 2 unspecified atom stereocenters. The standard InChI is InChI=1S/C11H21NO/c1-6-9-10(12-8-3)11(4,7-2)13-5/h1,10,12H,7-9H2,2-5H3. The minimum Gasteiger partial charge on any atom is -0.377 e. The van der Waals surface area contributed by atoms with Gasteiger partial charge in [-0.1, -0.05) is 13.8 Å². The molecular weight excluding hydrogens is 162 g/mol. The third-order valence-electron chi connectivity index (χ3n) is 2.68. The van der Waals surface area contributed by atoms with E-state index in [1.165, 1.54) is 0 Å². The maximum absolute atomic E-state index is 5.50. The van der Waals surface area contributed by atoms with Crippen LogP contribution in [0.25, 0.3) is 0 Å². The molecule has 0 spiro atoms. The summed E-state index contributed by atoms with van der Waals surface area (Å²) in [6.45, 7) is 7.21. The van der Waals surface area contributed by atoms with Gasteiger partial charge in [-0.2, -0.15) is 0 Å². The molecule has 0 saturated heterocycles. The Hall–Kier alpha value is -0.520. The second-order valence-corrected chi connectivity index (χ2v) is 3.39. The van der Waals surface area contributed by atoms with Gasteiger partial charge in [0.15, 0.2) is 0 Å². The van der Waals surface area contributed by atoms with Crippen LogP contribution in [0, 0.1) is 12.3 Å². The molecule has 0 aromatic carbocycles. The third-order valence-corrected chi connectivity index (χ3v) is 2.68. The van der Waals surface area contributed by atoms with Gasteiger partial charge < -0.3 is 10.1 Å². The van der Waals surface area contributed by atoms with Crippen LogP contribution in [0.5, 0.6) is 0 Å². The van der Waals surface area contributed by atoms with Gasteiger partial charge in [0.1, 0.15) is 0 Å². The molecule has 0 aromatic rings. The van der Waals surface area contributed by atoms with Crippen molar-refractivity contribution in [2.45, 2.75) is 45.3 Å². The van der Waals surface area contributed by atoms with Gasteiger partial charge in [0.25, 0.3) is 0 Å². The zero-order valence-electron chi connectivity index (χ0n) is 9.18. The van der Waals surface area contributed by atoms with Crippen molar-refractivity contribution < 1.29 is 4.74 Å². The third kappa shape index (κ3) is 3.38. The average Bonchev–Trinajstić information content (AvgIpc) is 2.16. The zero-order valence-corrected chi connectivity index (χ0v) is 9.18. The second kappa shape index (κ2) is 6.01. The van der Waals surface area contributed by atoms with Crippen molar-refractivity contribution in [3.05, 3.63) is 0 Å². The Morgan fingerprint density at radius 1 is 1.54 bits per heavy atom. The van der Waals surface area contributed by atoms with Crippen LogP contribution < -0.4 is 5.32 Å². The Balaban J connectivity index is 4.39. The molecule has 0 aliphatic heterocycles. The highest BCUT2D eigenvalue weighted by atomic mass is 16.5. The molecule has 2 nitrogen and oxygen atoms in total. The molecule has 76 valence electrons. The summed E-state index contributed by atoms with van der Waals surface area (Å²) in [6, 6.07) is 0.248. The Morgan fingerprint density at radius 2 is 2.15 bits per heavy atom. The summed E-state index contributed by atoms with van der Waals surface area (Å²) < 4.78 is 5.50. The van der Waals surface area contributed by atoms with Gasteiger partial charge in [-0.3, -0.25) is 0 Å². The molecule has 0 aliphatic carbocycles. The number of ether oxygens (including phenoxy) is 1. The van der Waals surface area contributed by atoms with E-state index in [2.05, 4.69) is 32.0 Å². The van der Waals surface area contributed by atoms with Gasteiger partial charge in [-0.25, -0.2) is 0 Å². The van der Waals surface area contributed by atoms with E-state index in [9.17, 15) is 0 Å². The molecule has 0 aliphatic rings. The molecule has 0 bridgehead atoms. The average molecular weight is 183 g/mol. The quantitative estimate of drug-likeness (QED) is 0.634. The maximum atomic E-state index is 5.50. The van der Waals surface area contributed by atoms with Crippen LogP contribution in [0.1, 0.15) is 33.6 Å². The van der Waals surface area contributed by atoms with Gasteiger partial charge in [-0.05, 0) is 19.9 Å². The number of hydrogen-bond donors (Lipinski definition) is 1. The molecule has 0 rings (SSSR count). The van der Waals surface area contributed by atoms with Crippen molar-refractivity contribution in [1.29, 1.82) is 0 Å². The van der Waals surface area contributed by atoms with Crippen molar-refractivity contribution in [3.63, 3.8) is 0 Å². The van der Waals surface area contributed by atoms with Gasteiger partial charge in [0.05, 0.1) is 5.60 Å². The molecule has 2 atom stereocenters. The summed E-state index contributed by atoms with van der Waals surface area (Å²) in [5.41, 5.74) is -0.150. The SMILES string of the molecule is C#CCC(NCC)C(C)(CC)OC. The summed E-state index contributed by atoms with van der Waals surface area (Å²) >= 11 is 0. The van der Waals surface area contributed by atoms with E-state index < -0.39 is 0 Å². The minimum absolute atomic E-state index is 0.150. The molecule has 0 saturated carbocycles. The predicted molar refractivity (Wildman–Crippen MR) is 56.6 cm³/mol. The van der Waals surface area contributed by atoms with Crippen LogP contribution in [-0.2, 0) is 4.74 Å². The van der Waals surface area contributed by atoms with E-state index in [0.29, 0.717) is 6.42 Å². The van der Waals surface area contributed by atoms with Crippen molar-refractivity contribution in [3.8, 4) is 12.3 Å². The molecule has 13 heavy (non-hydrogen) atoms. The van der Waals surface area contributed by atoms with Crippen LogP contribution >= 0.6 is 0 Å². The summed E-state index contributed by atoms with van der Waals surface area (Å²) in [4.78, 5) is 0. The first-order valence-electron chi connectivity index (χ1n) is 4.86. The lowest BCUT2D eigenvalue weighted by molar-refractivity contribution is -0.0271. The lowest BCUT2D eigenvalue weighted by Gasteiger charge is -2.35. The largest absolute Gasteiger partial charge is 0.377 e. The Morgan fingerprint density at radius 3 is 2.46 bits per heavy atom. The fourth-order valence-corrected chi connectivity index (χ4v) is 1.40. The molecule has 0 amide bonds. The fraction of sp³-hybridized carbons (Fsp3) is 0.818. The normalized spacial score (nSPS) is 17.5. The van der Waals surface area contributed by atoms with Crippen molar-refractivity contribution in [2.75, 3.05) is 13.7 Å². The van der Waals surface area contributed by atoms with Crippen LogP contribution in [0.2, 0.25) is 0 Å². The lowest BCUT2D eigenvalue weighted by atomic mass is 9.91. The van der Waals surface area contributed by atoms with E-state index in [-0.39, 0.29) is 11.6 Å². The molecule has 0 aromatic heterocycles. The highest BCUT2D eigenvalue weighted by Crippen LogP contribution is 2.21.